The third kappa shape index (κ3) is 7.32. The van der Waals surface area contributed by atoms with Crippen LogP contribution in [-0.4, -0.2) is 42.6 Å². The molecule has 0 fully saturated rings. The molecule has 1 unspecified atom stereocenters. The molecule has 1 heterocycles. The number of rotatable bonds is 10. The van der Waals surface area contributed by atoms with Crippen LogP contribution >= 0.6 is 0 Å². The molecule has 5 heteroatoms. The van der Waals surface area contributed by atoms with E-state index in [1.807, 2.05) is 6.07 Å². The first kappa shape index (κ1) is 16.2. The fourth-order valence-electron chi connectivity index (χ4n) is 1.72. The minimum absolute atomic E-state index is 0.0312. The fraction of sp³-hybridized carbons (Fsp3) is 0.714. The number of nitrogens with one attached hydrogen (secondary N) is 1. The molecule has 1 atom stereocenters. The summed E-state index contributed by atoms with van der Waals surface area (Å²) in [6, 6.07) is 3.64. The highest BCUT2D eigenvalue weighted by Gasteiger charge is 2.17. The van der Waals surface area contributed by atoms with Gasteiger partial charge in [-0.3, -0.25) is 0 Å². The number of aliphatic hydroxyl groups is 2. The average Bonchev–Trinajstić information content (AvgIpc) is 2.81. The highest BCUT2D eigenvalue weighted by molar-refractivity contribution is 4.96. The molecule has 0 aliphatic heterocycles. The van der Waals surface area contributed by atoms with E-state index in [-0.39, 0.29) is 18.6 Å². The van der Waals surface area contributed by atoms with Crippen LogP contribution in [0.4, 0.5) is 0 Å². The van der Waals surface area contributed by atoms with Gasteiger partial charge in [-0.2, -0.15) is 0 Å². The predicted molar refractivity (Wildman–Crippen MR) is 72.7 cm³/mol. The largest absolute Gasteiger partial charge is 0.467 e. The molecule has 0 aromatic carbocycles. The minimum Gasteiger partial charge on any atom is -0.467 e. The third-order valence-corrected chi connectivity index (χ3v) is 2.91. The van der Waals surface area contributed by atoms with Crippen molar-refractivity contribution in [2.45, 2.75) is 33.0 Å². The number of furan rings is 1. The summed E-state index contributed by atoms with van der Waals surface area (Å²) in [5, 5.41) is 21.8. The number of aliphatic hydroxyl groups excluding tert-OH is 2. The maximum atomic E-state index is 9.74. The molecule has 1 aromatic rings. The van der Waals surface area contributed by atoms with Gasteiger partial charge in [0.15, 0.2) is 0 Å². The van der Waals surface area contributed by atoms with Crippen LogP contribution in [0.25, 0.3) is 0 Å². The molecule has 5 nitrogen and oxygen atoms in total. The van der Waals surface area contributed by atoms with Crippen molar-refractivity contribution in [3.63, 3.8) is 0 Å². The SMILES string of the molecule is CC(C)(CCO)CNCC(O)COCc1ccco1. The summed E-state index contributed by atoms with van der Waals surface area (Å²) in [5.41, 5.74) is 0.0312. The zero-order chi connectivity index (χ0) is 14.1. The minimum atomic E-state index is -0.542. The quantitative estimate of drug-likeness (QED) is 0.595. The lowest BCUT2D eigenvalue weighted by Crippen LogP contribution is -2.36. The molecule has 0 bridgehead atoms. The Balaban J connectivity index is 2.06. The van der Waals surface area contributed by atoms with Crippen LogP contribution in [0.2, 0.25) is 0 Å². The molecular weight excluding hydrogens is 246 g/mol. The van der Waals surface area contributed by atoms with Crippen LogP contribution < -0.4 is 5.32 Å². The summed E-state index contributed by atoms with van der Waals surface area (Å²) in [5.74, 6) is 0.754. The number of ether oxygens (including phenoxy) is 1. The van der Waals surface area contributed by atoms with Crippen molar-refractivity contribution in [3.8, 4) is 0 Å². The van der Waals surface area contributed by atoms with E-state index in [2.05, 4.69) is 19.2 Å². The van der Waals surface area contributed by atoms with Crippen molar-refractivity contribution in [2.75, 3.05) is 26.3 Å². The van der Waals surface area contributed by atoms with Gasteiger partial charge in [0.1, 0.15) is 12.4 Å². The van der Waals surface area contributed by atoms with Crippen molar-refractivity contribution in [1.82, 2.24) is 5.32 Å². The lowest BCUT2D eigenvalue weighted by Gasteiger charge is -2.24. The molecule has 0 spiro atoms. The van der Waals surface area contributed by atoms with Crippen molar-refractivity contribution in [3.05, 3.63) is 24.2 Å². The van der Waals surface area contributed by atoms with E-state index in [4.69, 9.17) is 14.3 Å². The Morgan fingerprint density at radius 1 is 1.47 bits per heavy atom. The molecule has 3 N–H and O–H groups in total. The molecule has 0 aliphatic carbocycles. The van der Waals surface area contributed by atoms with E-state index in [9.17, 15) is 5.11 Å². The van der Waals surface area contributed by atoms with Gasteiger partial charge >= 0.3 is 0 Å². The van der Waals surface area contributed by atoms with E-state index in [1.165, 1.54) is 0 Å². The molecule has 1 rings (SSSR count). The summed E-state index contributed by atoms with van der Waals surface area (Å²) in [4.78, 5) is 0. The highest BCUT2D eigenvalue weighted by atomic mass is 16.5. The van der Waals surface area contributed by atoms with Gasteiger partial charge in [-0.05, 0) is 24.0 Å². The standard InChI is InChI=1S/C14H25NO4/c1-14(2,5-6-16)11-15-8-12(17)9-18-10-13-4-3-7-19-13/h3-4,7,12,15-17H,5-6,8-11H2,1-2H3. The van der Waals surface area contributed by atoms with Gasteiger partial charge in [0.25, 0.3) is 0 Å². The highest BCUT2D eigenvalue weighted by Crippen LogP contribution is 2.17. The predicted octanol–water partition coefficient (Wildman–Crippen LogP) is 1.16. The monoisotopic (exact) mass is 271 g/mol. The normalized spacial score (nSPS) is 13.7. The molecule has 0 saturated carbocycles. The zero-order valence-corrected chi connectivity index (χ0v) is 11.8. The molecular formula is C14H25NO4. The zero-order valence-electron chi connectivity index (χ0n) is 11.8. The van der Waals surface area contributed by atoms with Crippen molar-refractivity contribution < 1.29 is 19.4 Å². The van der Waals surface area contributed by atoms with Gasteiger partial charge in [-0.15, -0.1) is 0 Å². The molecule has 0 aliphatic rings. The van der Waals surface area contributed by atoms with Crippen molar-refractivity contribution in [2.24, 2.45) is 5.41 Å². The summed E-state index contributed by atoms with van der Waals surface area (Å²) >= 11 is 0. The van der Waals surface area contributed by atoms with E-state index < -0.39 is 6.10 Å². The Hall–Kier alpha value is -0.880. The van der Waals surface area contributed by atoms with Crippen LogP contribution in [0.1, 0.15) is 26.0 Å². The third-order valence-electron chi connectivity index (χ3n) is 2.91. The first-order valence-electron chi connectivity index (χ1n) is 6.63. The lowest BCUT2D eigenvalue weighted by atomic mass is 9.90. The van der Waals surface area contributed by atoms with Crippen LogP contribution in [-0.2, 0) is 11.3 Å². The first-order valence-corrected chi connectivity index (χ1v) is 6.63. The summed E-state index contributed by atoms with van der Waals surface area (Å²) in [7, 11) is 0. The van der Waals surface area contributed by atoms with E-state index in [0.29, 0.717) is 13.2 Å². The Labute approximate surface area is 114 Å². The first-order chi connectivity index (χ1) is 9.03. The molecule has 0 saturated heterocycles. The fourth-order valence-corrected chi connectivity index (χ4v) is 1.72. The Morgan fingerprint density at radius 3 is 2.89 bits per heavy atom. The van der Waals surface area contributed by atoms with Crippen LogP contribution in [0, 0.1) is 5.41 Å². The van der Waals surface area contributed by atoms with E-state index in [0.717, 1.165) is 18.7 Å². The van der Waals surface area contributed by atoms with Gasteiger partial charge in [0.2, 0.25) is 0 Å². The Kier molecular flexibility index (Phi) is 7.09. The number of hydrogen-bond donors (Lipinski definition) is 3. The van der Waals surface area contributed by atoms with Crippen LogP contribution in [0.15, 0.2) is 22.8 Å². The second-order valence-corrected chi connectivity index (χ2v) is 5.52. The molecule has 19 heavy (non-hydrogen) atoms. The summed E-state index contributed by atoms with van der Waals surface area (Å²) < 4.78 is 10.5. The molecule has 1 aromatic heterocycles. The van der Waals surface area contributed by atoms with Gasteiger partial charge in [0.05, 0.1) is 19.0 Å². The van der Waals surface area contributed by atoms with E-state index in [1.54, 1.807) is 12.3 Å². The smallest absolute Gasteiger partial charge is 0.129 e. The van der Waals surface area contributed by atoms with E-state index >= 15 is 0 Å². The molecule has 0 amide bonds. The lowest BCUT2D eigenvalue weighted by molar-refractivity contribution is 0.0216. The van der Waals surface area contributed by atoms with Gasteiger partial charge < -0.3 is 24.7 Å². The second kappa shape index (κ2) is 8.32. The van der Waals surface area contributed by atoms with Gasteiger partial charge in [-0.25, -0.2) is 0 Å². The van der Waals surface area contributed by atoms with Crippen molar-refractivity contribution >= 4 is 0 Å². The Morgan fingerprint density at radius 2 is 2.26 bits per heavy atom. The summed E-state index contributed by atoms with van der Waals surface area (Å²) in [6.07, 6.45) is 1.80. The second-order valence-electron chi connectivity index (χ2n) is 5.52. The number of hydrogen-bond acceptors (Lipinski definition) is 5. The van der Waals surface area contributed by atoms with Gasteiger partial charge in [0, 0.05) is 19.7 Å². The summed E-state index contributed by atoms with van der Waals surface area (Å²) in [6.45, 7) is 6.22. The topological polar surface area (TPSA) is 74.9 Å². The Bertz CT molecular complexity index is 324. The maximum absolute atomic E-state index is 9.74. The molecule has 110 valence electrons. The average molecular weight is 271 g/mol. The van der Waals surface area contributed by atoms with Crippen LogP contribution in [0.5, 0.6) is 0 Å². The maximum Gasteiger partial charge on any atom is 0.129 e. The van der Waals surface area contributed by atoms with Gasteiger partial charge in [-0.1, -0.05) is 13.8 Å². The molecule has 0 radical (unpaired) electrons. The van der Waals surface area contributed by atoms with Crippen LogP contribution in [0.3, 0.4) is 0 Å². The van der Waals surface area contributed by atoms with Crippen molar-refractivity contribution in [1.29, 1.82) is 0 Å².